The number of hydrogen-bond donors (Lipinski definition) is 1. The molecule has 0 spiro atoms. The molecule has 0 aliphatic heterocycles. The molecule has 1 heterocycles. The lowest BCUT2D eigenvalue weighted by Crippen LogP contribution is -2.13. The van der Waals surface area contributed by atoms with Crippen LogP contribution < -0.4 is 5.32 Å². The van der Waals surface area contributed by atoms with Gasteiger partial charge in [-0.1, -0.05) is 53.5 Å². The standard InChI is InChI=1S/C19H14Cl2N4O/c1-12-17(18(21)25(24-12)11-13-5-3-2-4-6-13)19(26)23-15-7-8-16(20)14(9-15)10-22/h2-9H,11H2,1H3,(H,23,26). The second-order valence-corrected chi connectivity index (χ2v) is 6.42. The summed E-state index contributed by atoms with van der Waals surface area (Å²) < 4.78 is 1.59. The summed E-state index contributed by atoms with van der Waals surface area (Å²) in [5.74, 6) is -0.391. The molecule has 0 saturated heterocycles. The number of halogens is 2. The van der Waals surface area contributed by atoms with Gasteiger partial charge in [0, 0.05) is 5.69 Å². The number of aryl methyl sites for hydroxylation is 1. The number of nitrogens with zero attached hydrogens (tertiary/aromatic N) is 3. The van der Waals surface area contributed by atoms with Gasteiger partial charge in [-0.2, -0.15) is 10.4 Å². The minimum Gasteiger partial charge on any atom is -0.322 e. The molecule has 0 saturated carbocycles. The van der Waals surface area contributed by atoms with Gasteiger partial charge in [-0.25, -0.2) is 4.68 Å². The Morgan fingerprint density at radius 2 is 1.96 bits per heavy atom. The van der Waals surface area contributed by atoms with E-state index >= 15 is 0 Å². The fourth-order valence-electron chi connectivity index (χ4n) is 2.55. The number of carbonyl (C=O) groups excluding carboxylic acids is 1. The maximum atomic E-state index is 12.6. The zero-order valence-corrected chi connectivity index (χ0v) is 15.3. The van der Waals surface area contributed by atoms with E-state index < -0.39 is 5.91 Å². The molecular formula is C19H14Cl2N4O. The first-order chi connectivity index (χ1) is 12.5. The number of carbonyl (C=O) groups is 1. The molecule has 0 aliphatic rings. The number of amides is 1. The van der Waals surface area contributed by atoms with Gasteiger partial charge >= 0.3 is 0 Å². The van der Waals surface area contributed by atoms with Crippen molar-refractivity contribution in [1.82, 2.24) is 9.78 Å². The normalized spacial score (nSPS) is 10.4. The number of hydrogen-bond acceptors (Lipinski definition) is 3. The van der Waals surface area contributed by atoms with Crippen molar-refractivity contribution >= 4 is 34.8 Å². The molecule has 5 nitrogen and oxygen atoms in total. The minimum absolute atomic E-state index is 0.262. The van der Waals surface area contributed by atoms with Gasteiger partial charge < -0.3 is 5.32 Å². The Morgan fingerprint density at radius 1 is 1.23 bits per heavy atom. The third-order valence-corrected chi connectivity index (χ3v) is 4.53. The van der Waals surface area contributed by atoms with Crippen molar-refractivity contribution in [2.75, 3.05) is 5.32 Å². The van der Waals surface area contributed by atoms with Gasteiger partial charge in [-0.3, -0.25) is 4.79 Å². The summed E-state index contributed by atoms with van der Waals surface area (Å²) in [5, 5.41) is 16.7. The average molecular weight is 385 g/mol. The Labute approximate surface area is 160 Å². The summed E-state index contributed by atoms with van der Waals surface area (Å²) in [6, 6.07) is 16.4. The summed E-state index contributed by atoms with van der Waals surface area (Å²) in [7, 11) is 0. The summed E-state index contributed by atoms with van der Waals surface area (Å²) in [6.07, 6.45) is 0. The second-order valence-electron chi connectivity index (χ2n) is 5.66. The van der Waals surface area contributed by atoms with E-state index in [0.29, 0.717) is 28.5 Å². The largest absolute Gasteiger partial charge is 0.322 e. The van der Waals surface area contributed by atoms with E-state index in [1.165, 1.54) is 6.07 Å². The first-order valence-electron chi connectivity index (χ1n) is 7.77. The molecule has 7 heteroatoms. The quantitative estimate of drug-likeness (QED) is 0.710. The third-order valence-electron chi connectivity index (χ3n) is 3.81. The highest BCUT2D eigenvalue weighted by Crippen LogP contribution is 2.24. The molecule has 2 aromatic carbocycles. The fraction of sp³-hybridized carbons (Fsp3) is 0.105. The molecule has 3 rings (SSSR count). The predicted octanol–water partition coefficient (Wildman–Crippen LogP) is 4.67. The van der Waals surface area contributed by atoms with Gasteiger partial charge in [0.05, 0.1) is 28.4 Å². The van der Waals surface area contributed by atoms with Gasteiger partial charge in [0.2, 0.25) is 0 Å². The van der Waals surface area contributed by atoms with Gasteiger partial charge in [-0.05, 0) is 30.7 Å². The Balaban J connectivity index is 1.85. The van der Waals surface area contributed by atoms with Gasteiger partial charge in [0.15, 0.2) is 0 Å². The van der Waals surface area contributed by atoms with Crippen molar-refractivity contribution in [2.24, 2.45) is 0 Å². The zero-order chi connectivity index (χ0) is 18.7. The van der Waals surface area contributed by atoms with Crippen molar-refractivity contribution in [3.05, 3.63) is 81.1 Å². The SMILES string of the molecule is Cc1nn(Cc2ccccc2)c(Cl)c1C(=O)Nc1ccc(Cl)c(C#N)c1. The molecule has 0 bridgehead atoms. The van der Waals surface area contributed by atoms with Crippen LogP contribution in [-0.4, -0.2) is 15.7 Å². The molecule has 3 aromatic rings. The van der Waals surface area contributed by atoms with Gasteiger partial charge in [0.25, 0.3) is 5.91 Å². The van der Waals surface area contributed by atoms with Crippen molar-refractivity contribution < 1.29 is 4.79 Å². The lowest BCUT2D eigenvalue weighted by Gasteiger charge is -2.07. The van der Waals surface area contributed by atoms with Crippen LogP contribution in [-0.2, 0) is 6.54 Å². The Bertz CT molecular complexity index is 1010. The van der Waals surface area contributed by atoms with Crippen LogP contribution in [0.2, 0.25) is 10.2 Å². The van der Waals surface area contributed by atoms with E-state index in [0.717, 1.165) is 5.56 Å². The molecule has 130 valence electrons. The molecule has 0 atom stereocenters. The molecule has 1 N–H and O–H groups in total. The van der Waals surface area contributed by atoms with Crippen LogP contribution in [0, 0.1) is 18.3 Å². The topological polar surface area (TPSA) is 70.7 Å². The molecule has 0 aliphatic carbocycles. The van der Waals surface area contributed by atoms with Crippen LogP contribution in [0.3, 0.4) is 0 Å². The second kappa shape index (κ2) is 7.61. The van der Waals surface area contributed by atoms with Crippen LogP contribution in [0.4, 0.5) is 5.69 Å². The van der Waals surface area contributed by atoms with E-state index in [2.05, 4.69) is 10.4 Å². The number of nitriles is 1. The lowest BCUT2D eigenvalue weighted by molar-refractivity contribution is 0.102. The van der Waals surface area contributed by atoms with Crippen LogP contribution in [0.15, 0.2) is 48.5 Å². The monoisotopic (exact) mass is 384 g/mol. The molecule has 26 heavy (non-hydrogen) atoms. The summed E-state index contributed by atoms with van der Waals surface area (Å²) in [6.45, 7) is 2.19. The first-order valence-corrected chi connectivity index (χ1v) is 8.53. The van der Waals surface area contributed by atoms with E-state index in [1.807, 2.05) is 36.4 Å². The van der Waals surface area contributed by atoms with Crippen molar-refractivity contribution in [1.29, 1.82) is 5.26 Å². The molecule has 1 aromatic heterocycles. The summed E-state index contributed by atoms with van der Waals surface area (Å²) in [5.41, 5.74) is 2.60. The zero-order valence-electron chi connectivity index (χ0n) is 13.8. The number of nitrogens with one attached hydrogen (secondary N) is 1. The van der Waals surface area contributed by atoms with Gasteiger partial charge in [0.1, 0.15) is 11.2 Å². The van der Waals surface area contributed by atoms with E-state index in [4.69, 9.17) is 28.5 Å². The van der Waals surface area contributed by atoms with Crippen LogP contribution in [0.25, 0.3) is 0 Å². The first kappa shape index (κ1) is 18.0. The fourth-order valence-corrected chi connectivity index (χ4v) is 3.03. The molecular weight excluding hydrogens is 371 g/mol. The molecule has 0 fully saturated rings. The highest BCUT2D eigenvalue weighted by molar-refractivity contribution is 6.34. The van der Waals surface area contributed by atoms with Crippen LogP contribution in [0.5, 0.6) is 0 Å². The number of aromatic nitrogens is 2. The maximum absolute atomic E-state index is 12.6. The van der Waals surface area contributed by atoms with Crippen molar-refractivity contribution in [3.63, 3.8) is 0 Å². The van der Waals surface area contributed by atoms with E-state index in [1.54, 1.807) is 23.7 Å². The van der Waals surface area contributed by atoms with Crippen LogP contribution >= 0.6 is 23.2 Å². The number of benzene rings is 2. The number of anilines is 1. The Hall–Kier alpha value is -2.81. The minimum atomic E-state index is -0.391. The third kappa shape index (κ3) is 3.72. The highest BCUT2D eigenvalue weighted by atomic mass is 35.5. The van der Waals surface area contributed by atoms with Gasteiger partial charge in [-0.15, -0.1) is 0 Å². The van der Waals surface area contributed by atoms with E-state index in [-0.39, 0.29) is 10.7 Å². The average Bonchev–Trinajstić information content (AvgIpc) is 2.91. The summed E-state index contributed by atoms with van der Waals surface area (Å²) in [4.78, 5) is 12.6. The van der Waals surface area contributed by atoms with Crippen molar-refractivity contribution in [2.45, 2.75) is 13.5 Å². The Kier molecular flexibility index (Phi) is 5.27. The van der Waals surface area contributed by atoms with Crippen molar-refractivity contribution in [3.8, 4) is 6.07 Å². The van der Waals surface area contributed by atoms with Crippen LogP contribution in [0.1, 0.15) is 27.2 Å². The lowest BCUT2D eigenvalue weighted by atomic mass is 10.2. The number of rotatable bonds is 4. The Morgan fingerprint density at radius 3 is 2.65 bits per heavy atom. The smallest absolute Gasteiger partial charge is 0.260 e. The van der Waals surface area contributed by atoms with E-state index in [9.17, 15) is 4.79 Å². The maximum Gasteiger partial charge on any atom is 0.260 e. The summed E-state index contributed by atoms with van der Waals surface area (Å²) >= 11 is 12.3. The highest BCUT2D eigenvalue weighted by Gasteiger charge is 2.20. The molecule has 0 radical (unpaired) electrons. The molecule has 1 amide bonds. The predicted molar refractivity (Wildman–Crippen MR) is 102 cm³/mol. The molecule has 0 unspecified atom stereocenters.